The predicted octanol–water partition coefficient (Wildman–Crippen LogP) is 1.08. The Morgan fingerprint density at radius 2 is 2.08 bits per heavy atom. The van der Waals surface area contributed by atoms with Gasteiger partial charge < -0.3 is 10.8 Å². The fourth-order valence-electron chi connectivity index (χ4n) is 1.14. The Labute approximate surface area is 77.2 Å². The van der Waals surface area contributed by atoms with E-state index in [9.17, 15) is 4.39 Å². The molecular weight excluding hydrogens is 169 g/mol. The van der Waals surface area contributed by atoms with Gasteiger partial charge in [0.25, 0.3) is 0 Å². The number of aliphatic hydroxyl groups is 1. The van der Waals surface area contributed by atoms with Crippen LogP contribution in [0, 0.1) is 5.82 Å². The van der Waals surface area contributed by atoms with E-state index < -0.39 is 6.10 Å². The molecule has 72 valence electrons. The Bertz CT molecular complexity index is 265. The van der Waals surface area contributed by atoms with Crippen LogP contribution in [0.4, 0.5) is 4.39 Å². The molecule has 1 atom stereocenters. The number of halogens is 1. The van der Waals surface area contributed by atoms with Crippen molar-refractivity contribution in [1.29, 1.82) is 0 Å². The van der Waals surface area contributed by atoms with E-state index in [2.05, 4.69) is 0 Å². The van der Waals surface area contributed by atoms with Crippen LogP contribution in [0.1, 0.15) is 12.0 Å². The highest BCUT2D eigenvalue weighted by Crippen LogP contribution is 2.09. The average molecular weight is 183 g/mol. The Hall–Kier alpha value is -0.930. The molecule has 0 aliphatic rings. The van der Waals surface area contributed by atoms with Crippen molar-refractivity contribution in [3.8, 4) is 0 Å². The van der Waals surface area contributed by atoms with Crippen LogP contribution in [0.5, 0.6) is 0 Å². The monoisotopic (exact) mass is 183 g/mol. The average Bonchev–Trinajstić information content (AvgIpc) is 2.16. The van der Waals surface area contributed by atoms with Crippen molar-refractivity contribution in [2.24, 2.45) is 5.73 Å². The van der Waals surface area contributed by atoms with Crippen LogP contribution in [0.3, 0.4) is 0 Å². The van der Waals surface area contributed by atoms with Crippen molar-refractivity contribution in [3.05, 3.63) is 35.6 Å². The third-order valence-corrected chi connectivity index (χ3v) is 1.98. The summed E-state index contributed by atoms with van der Waals surface area (Å²) in [5, 5.41) is 9.16. The highest BCUT2D eigenvalue weighted by Gasteiger charge is 2.04. The molecule has 1 unspecified atom stereocenters. The lowest BCUT2D eigenvalue weighted by Gasteiger charge is -2.07. The zero-order valence-corrected chi connectivity index (χ0v) is 7.41. The van der Waals surface area contributed by atoms with E-state index in [1.807, 2.05) is 0 Å². The van der Waals surface area contributed by atoms with Gasteiger partial charge in [-0.1, -0.05) is 18.2 Å². The number of aliphatic hydroxyl groups excluding tert-OH is 1. The standard InChI is InChI=1S/C10H14FNO/c11-10-4-2-1-3-8(10)5-6-9(13)7-12/h1-4,9,13H,5-7,12H2. The molecule has 13 heavy (non-hydrogen) atoms. The molecule has 0 spiro atoms. The summed E-state index contributed by atoms with van der Waals surface area (Å²) in [6.45, 7) is 0.231. The molecule has 0 bridgehead atoms. The SMILES string of the molecule is NCC(O)CCc1ccccc1F. The third-order valence-electron chi connectivity index (χ3n) is 1.98. The van der Waals surface area contributed by atoms with Gasteiger partial charge in [0.15, 0.2) is 0 Å². The maximum atomic E-state index is 13.0. The summed E-state index contributed by atoms with van der Waals surface area (Å²) in [5.74, 6) is -0.216. The van der Waals surface area contributed by atoms with E-state index >= 15 is 0 Å². The lowest BCUT2D eigenvalue weighted by molar-refractivity contribution is 0.173. The molecule has 3 N–H and O–H groups in total. The van der Waals surface area contributed by atoms with E-state index in [-0.39, 0.29) is 12.4 Å². The van der Waals surface area contributed by atoms with Crippen molar-refractivity contribution in [3.63, 3.8) is 0 Å². The molecule has 3 heteroatoms. The summed E-state index contributed by atoms with van der Waals surface area (Å²) < 4.78 is 13.0. The van der Waals surface area contributed by atoms with Crippen LogP contribution in [-0.4, -0.2) is 17.8 Å². The predicted molar refractivity (Wildman–Crippen MR) is 49.8 cm³/mol. The van der Waals surface area contributed by atoms with Gasteiger partial charge in [0, 0.05) is 6.54 Å². The molecule has 2 nitrogen and oxygen atoms in total. The number of benzene rings is 1. The van der Waals surface area contributed by atoms with Crippen molar-refractivity contribution in [2.75, 3.05) is 6.54 Å². The lowest BCUT2D eigenvalue weighted by atomic mass is 10.1. The molecule has 0 heterocycles. The molecule has 0 fully saturated rings. The molecule has 1 aromatic rings. The summed E-state index contributed by atoms with van der Waals surface area (Å²) in [4.78, 5) is 0. The second-order valence-electron chi connectivity index (χ2n) is 3.02. The first kappa shape index (κ1) is 10.2. The molecule has 1 aromatic carbocycles. The van der Waals surface area contributed by atoms with Crippen LogP contribution in [0.15, 0.2) is 24.3 Å². The first-order chi connectivity index (χ1) is 6.24. The van der Waals surface area contributed by atoms with Crippen LogP contribution >= 0.6 is 0 Å². The topological polar surface area (TPSA) is 46.2 Å². The summed E-state index contributed by atoms with van der Waals surface area (Å²) >= 11 is 0. The van der Waals surface area contributed by atoms with Gasteiger partial charge in [0.05, 0.1) is 6.10 Å². The minimum Gasteiger partial charge on any atom is -0.392 e. The van der Waals surface area contributed by atoms with Crippen molar-refractivity contribution >= 4 is 0 Å². The second kappa shape index (κ2) is 4.94. The highest BCUT2D eigenvalue weighted by molar-refractivity contribution is 5.17. The van der Waals surface area contributed by atoms with Crippen LogP contribution < -0.4 is 5.73 Å². The Morgan fingerprint density at radius 1 is 1.38 bits per heavy atom. The smallest absolute Gasteiger partial charge is 0.126 e. The molecule has 1 rings (SSSR count). The Balaban J connectivity index is 2.50. The Kier molecular flexibility index (Phi) is 3.86. The molecule has 0 amide bonds. The molecule has 0 aliphatic heterocycles. The van der Waals surface area contributed by atoms with Gasteiger partial charge in [-0.15, -0.1) is 0 Å². The van der Waals surface area contributed by atoms with Gasteiger partial charge >= 0.3 is 0 Å². The van der Waals surface area contributed by atoms with Gasteiger partial charge in [-0.05, 0) is 24.5 Å². The van der Waals surface area contributed by atoms with Gasteiger partial charge in [-0.3, -0.25) is 0 Å². The zero-order chi connectivity index (χ0) is 9.68. The maximum absolute atomic E-state index is 13.0. The number of rotatable bonds is 4. The fourth-order valence-corrected chi connectivity index (χ4v) is 1.14. The highest BCUT2D eigenvalue weighted by atomic mass is 19.1. The minimum atomic E-state index is -0.528. The van der Waals surface area contributed by atoms with Gasteiger partial charge in [-0.25, -0.2) is 4.39 Å². The van der Waals surface area contributed by atoms with Crippen molar-refractivity contribution in [1.82, 2.24) is 0 Å². The summed E-state index contributed by atoms with van der Waals surface area (Å²) in [7, 11) is 0. The van der Waals surface area contributed by atoms with E-state index in [4.69, 9.17) is 10.8 Å². The first-order valence-corrected chi connectivity index (χ1v) is 4.35. The van der Waals surface area contributed by atoms with Crippen LogP contribution in [-0.2, 0) is 6.42 Å². The number of nitrogens with two attached hydrogens (primary N) is 1. The van der Waals surface area contributed by atoms with Crippen LogP contribution in [0.2, 0.25) is 0 Å². The molecule has 0 aliphatic carbocycles. The molecule has 0 saturated heterocycles. The zero-order valence-electron chi connectivity index (χ0n) is 7.41. The van der Waals surface area contributed by atoms with Gasteiger partial charge in [-0.2, -0.15) is 0 Å². The van der Waals surface area contributed by atoms with Crippen molar-refractivity contribution < 1.29 is 9.50 Å². The molecule has 0 saturated carbocycles. The van der Waals surface area contributed by atoms with Crippen LogP contribution in [0.25, 0.3) is 0 Å². The second-order valence-corrected chi connectivity index (χ2v) is 3.02. The summed E-state index contributed by atoms with van der Waals surface area (Å²) in [5.41, 5.74) is 5.86. The summed E-state index contributed by atoms with van der Waals surface area (Å²) in [6.07, 6.45) is 0.516. The van der Waals surface area contributed by atoms with E-state index in [1.54, 1.807) is 18.2 Å². The quantitative estimate of drug-likeness (QED) is 0.733. The largest absolute Gasteiger partial charge is 0.392 e. The number of hydrogen-bond donors (Lipinski definition) is 2. The number of hydrogen-bond acceptors (Lipinski definition) is 2. The molecular formula is C10H14FNO. The lowest BCUT2D eigenvalue weighted by Crippen LogP contribution is -2.20. The normalized spacial score (nSPS) is 12.8. The first-order valence-electron chi connectivity index (χ1n) is 4.35. The Morgan fingerprint density at radius 3 is 2.69 bits per heavy atom. The van der Waals surface area contributed by atoms with E-state index in [0.717, 1.165) is 0 Å². The fraction of sp³-hybridized carbons (Fsp3) is 0.400. The maximum Gasteiger partial charge on any atom is 0.126 e. The molecule has 0 radical (unpaired) electrons. The van der Waals surface area contributed by atoms with E-state index in [0.29, 0.717) is 18.4 Å². The minimum absolute atomic E-state index is 0.216. The molecule has 0 aromatic heterocycles. The van der Waals surface area contributed by atoms with Gasteiger partial charge in [0.1, 0.15) is 5.82 Å². The van der Waals surface area contributed by atoms with E-state index in [1.165, 1.54) is 6.07 Å². The van der Waals surface area contributed by atoms with Crippen molar-refractivity contribution in [2.45, 2.75) is 18.9 Å². The number of aryl methyl sites for hydroxylation is 1. The van der Waals surface area contributed by atoms with Gasteiger partial charge in [0.2, 0.25) is 0 Å². The summed E-state index contributed by atoms with van der Waals surface area (Å²) in [6, 6.07) is 6.58. The third kappa shape index (κ3) is 3.13.